The number of likely N-dealkylation sites (tertiary alicyclic amines) is 1. The van der Waals surface area contributed by atoms with Gasteiger partial charge in [0.25, 0.3) is 0 Å². The van der Waals surface area contributed by atoms with Gasteiger partial charge in [-0.05, 0) is 49.7 Å². The van der Waals surface area contributed by atoms with Crippen LogP contribution >= 0.6 is 0 Å². The Morgan fingerprint density at radius 2 is 2.00 bits per heavy atom. The largest absolute Gasteiger partial charge is 0.462 e. The molecule has 2 aromatic rings. The van der Waals surface area contributed by atoms with E-state index in [4.69, 9.17) is 14.5 Å². The van der Waals surface area contributed by atoms with Gasteiger partial charge in [0.2, 0.25) is 0 Å². The van der Waals surface area contributed by atoms with Crippen LogP contribution in [-0.4, -0.2) is 38.3 Å². The highest BCUT2D eigenvalue weighted by Crippen LogP contribution is 2.47. The molecule has 3 fully saturated rings. The zero-order valence-electron chi connectivity index (χ0n) is 13.8. The Morgan fingerprint density at radius 3 is 2.71 bits per heavy atom. The van der Waals surface area contributed by atoms with Gasteiger partial charge in [0.1, 0.15) is 24.0 Å². The van der Waals surface area contributed by atoms with E-state index >= 15 is 0 Å². The molecule has 0 radical (unpaired) electrons. The summed E-state index contributed by atoms with van der Waals surface area (Å²) in [6.07, 6.45) is 5.19. The van der Waals surface area contributed by atoms with Crippen molar-refractivity contribution < 1.29 is 9.52 Å². The number of hydrogen-bond acceptors (Lipinski definition) is 5. The van der Waals surface area contributed by atoms with Crippen molar-refractivity contribution in [2.24, 2.45) is 11.8 Å². The molecule has 0 aromatic carbocycles. The number of aliphatic hydroxyl groups is 1. The highest BCUT2D eigenvalue weighted by atomic mass is 16.4. The molecular formula is C18H24N4O2. The first-order chi connectivity index (χ1) is 11.8. The van der Waals surface area contributed by atoms with Crippen molar-refractivity contribution in [3.8, 4) is 0 Å². The van der Waals surface area contributed by atoms with E-state index in [1.54, 1.807) is 0 Å². The number of aliphatic hydroxyl groups excluding tert-OH is 1. The molecule has 24 heavy (non-hydrogen) atoms. The van der Waals surface area contributed by atoms with Crippen LogP contribution in [0.3, 0.4) is 0 Å². The van der Waals surface area contributed by atoms with E-state index in [-0.39, 0.29) is 6.61 Å². The Labute approximate surface area is 141 Å². The summed E-state index contributed by atoms with van der Waals surface area (Å²) in [6.45, 7) is 2.89. The molecule has 1 saturated heterocycles. The molecule has 3 aliphatic rings. The van der Waals surface area contributed by atoms with Crippen LogP contribution in [0.1, 0.15) is 60.7 Å². The molecular weight excluding hydrogens is 304 g/mol. The van der Waals surface area contributed by atoms with Gasteiger partial charge in [-0.15, -0.1) is 0 Å². The number of nitrogens with one attached hydrogen (secondary N) is 1. The standard InChI is InChI=1S/C18H24N4O2/c23-10-14-6-5-13(24-14)7-22-8-15(11-1-2-11)16(9-22)18-19-17(20-21-18)12-3-4-12/h5-6,11-12,15-16,23H,1-4,7-10H2,(H,19,20,21)/t15-,16+/m1/s1. The first-order valence-corrected chi connectivity index (χ1v) is 9.13. The first-order valence-electron chi connectivity index (χ1n) is 9.13. The minimum atomic E-state index is -0.0324. The minimum absolute atomic E-state index is 0.0324. The smallest absolute Gasteiger partial charge is 0.153 e. The number of aromatic nitrogens is 3. The van der Waals surface area contributed by atoms with Crippen LogP contribution in [0.5, 0.6) is 0 Å². The van der Waals surface area contributed by atoms with Crippen molar-refractivity contribution in [3.63, 3.8) is 0 Å². The molecule has 3 heterocycles. The summed E-state index contributed by atoms with van der Waals surface area (Å²) in [5.74, 6) is 6.28. The summed E-state index contributed by atoms with van der Waals surface area (Å²) >= 11 is 0. The number of nitrogens with zero attached hydrogens (tertiary/aromatic N) is 3. The number of hydrogen-bond donors (Lipinski definition) is 2. The van der Waals surface area contributed by atoms with Crippen molar-refractivity contribution in [2.75, 3.05) is 13.1 Å². The molecule has 0 bridgehead atoms. The van der Waals surface area contributed by atoms with Crippen LogP contribution < -0.4 is 0 Å². The molecule has 2 saturated carbocycles. The van der Waals surface area contributed by atoms with E-state index in [0.29, 0.717) is 23.5 Å². The number of furan rings is 1. The van der Waals surface area contributed by atoms with Crippen LogP contribution in [0.2, 0.25) is 0 Å². The molecule has 128 valence electrons. The third-order valence-corrected chi connectivity index (χ3v) is 5.73. The fraction of sp³-hybridized carbons (Fsp3) is 0.667. The minimum Gasteiger partial charge on any atom is -0.462 e. The quantitative estimate of drug-likeness (QED) is 0.851. The lowest BCUT2D eigenvalue weighted by Crippen LogP contribution is -2.20. The average molecular weight is 328 g/mol. The molecule has 0 spiro atoms. The van der Waals surface area contributed by atoms with Gasteiger partial charge in [-0.25, -0.2) is 4.98 Å². The second-order valence-electron chi connectivity index (χ2n) is 7.68. The topological polar surface area (TPSA) is 78.2 Å². The van der Waals surface area contributed by atoms with Crippen LogP contribution in [0.15, 0.2) is 16.5 Å². The normalized spacial score (nSPS) is 27.9. The van der Waals surface area contributed by atoms with Crippen LogP contribution in [0.25, 0.3) is 0 Å². The van der Waals surface area contributed by atoms with Gasteiger partial charge >= 0.3 is 0 Å². The maximum Gasteiger partial charge on any atom is 0.153 e. The third kappa shape index (κ3) is 2.78. The average Bonchev–Trinajstić information content (AvgIpc) is 3.49. The predicted molar refractivity (Wildman–Crippen MR) is 87.2 cm³/mol. The van der Waals surface area contributed by atoms with Crippen molar-refractivity contribution in [3.05, 3.63) is 35.3 Å². The maximum atomic E-state index is 9.15. The van der Waals surface area contributed by atoms with E-state index in [1.165, 1.54) is 25.7 Å². The molecule has 6 heteroatoms. The zero-order valence-corrected chi connectivity index (χ0v) is 13.8. The van der Waals surface area contributed by atoms with Gasteiger partial charge in [-0.1, -0.05) is 0 Å². The lowest BCUT2D eigenvalue weighted by Gasteiger charge is -2.14. The van der Waals surface area contributed by atoms with Crippen molar-refractivity contribution in [1.82, 2.24) is 20.1 Å². The summed E-state index contributed by atoms with van der Waals surface area (Å²) < 4.78 is 5.66. The van der Waals surface area contributed by atoms with Crippen LogP contribution in [0.4, 0.5) is 0 Å². The lowest BCUT2D eigenvalue weighted by atomic mass is 9.91. The van der Waals surface area contributed by atoms with Gasteiger partial charge in [0.15, 0.2) is 5.82 Å². The highest BCUT2D eigenvalue weighted by molar-refractivity contribution is 5.13. The fourth-order valence-corrected chi connectivity index (χ4v) is 4.12. The van der Waals surface area contributed by atoms with Crippen LogP contribution in [-0.2, 0) is 13.2 Å². The molecule has 2 atom stereocenters. The predicted octanol–water partition coefficient (Wildman–Crippen LogP) is 2.39. The SMILES string of the molecule is OCc1ccc(CN2C[C@H](c3nc(C4CC4)n[nH]3)[C@@H](C3CC3)C2)o1. The van der Waals surface area contributed by atoms with E-state index in [9.17, 15) is 0 Å². The third-order valence-electron chi connectivity index (χ3n) is 5.73. The van der Waals surface area contributed by atoms with Crippen molar-refractivity contribution in [1.29, 1.82) is 0 Å². The Balaban J connectivity index is 1.32. The summed E-state index contributed by atoms with van der Waals surface area (Å²) in [5, 5.41) is 16.8. The van der Waals surface area contributed by atoms with E-state index < -0.39 is 0 Å². The lowest BCUT2D eigenvalue weighted by molar-refractivity contribution is 0.230. The highest BCUT2D eigenvalue weighted by Gasteiger charge is 2.44. The maximum absolute atomic E-state index is 9.15. The van der Waals surface area contributed by atoms with E-state index in [2.05, 4.69) is 15.1 Å². The van der Waals surface area contributed by atoms with Gasteiger partial charge in [-0.2, -0.15) is 5.10 Å². The number of aromatic amines is 1. The van der Waals surface area contributed by atoms with E-state index in [1.807, 2.05) is 12.1 Å². The second kappa shape index (κ2) is 5.70. The summed E-state index contributed by atoms with van der Waals surface area (Å²) in [6, 6.07) is 3.84. The zero-order chi connectivity index (χ0) is 16.1. The van der Waals surface area contributed by atoms with Gasteiger partial charge in [-0.3, -0.25) is 10.00 Å². The molecule has 2 aliphatic carbocycles. The molecule has 0 amide bonds. The van der Waals surface area contributed by atoms with Crippen LogP contribution in [0, 0.1) is 11.8 Å². The summed E-state index contributed by atoms with van der Waals surface area (Å²) in [7, 11) is 0. The number of H-pyrrole nitrogens is 1. The molecule has 5 rings (SSSR count). The van der Waals surface area contributed by atoms with E-state index in [0.717, 1.165) is 43.0 Å². The first kappa shape index (κ1) is 14.7. The Morgan fingerprint density at radius 1 is 1.17 bits per heavy atom. The monoisotopic (exact) mass is 328 g/mol. The Bertz CT molecular complexity index is 716. The van der Waals surface area contributed by atoms with Crippen molar-refractivity contribution in [2.45, 2.75) is 50.7 Å². The molecule has 6 nitrogen and oxygen atoms in total. The second-order valence-corrected chi connectivity index (χ2v) is 7.68. The molecule has 2 aromatic heterocycles. The Hall–Kier alpha value is -1.66. The van der Waals surface area contributed by atoms with Gasteiger partial charge in [0.05, 0.1) is 6.54 Å². The summed E-state index contributed by atoms with van der Waals surface area (Å²) in [4.78, 5) is 7.29. The van der Waals surface area contributed by atoms with Gasteiger partial charge < -0.3 is 9.52 Å². The molecule has 2 N–H and O–H groups in total. The van der Waals surface area contributed by atoms with Crippen molar-refractivity contribution >= 4 is 0 Å². The molecule has 0 unspecified atom stereocenters. The fourth-order valence-electron chi connectivity index (χ4n) is 4.12. The summed E-state index contributed by atoms with van der Waals surface area (Å²) in [5.41, 5.74) is 0. The molecule has 1 aliphatic heterocycles. The van der Waals surface area contributed by atoms with Gasteiger partial charge in [0, 0.05) is 24.9 Å². The number of rotatable bonds is 6. The Kier molecular flexibility index (Phi) is 3.49.